The van der Waals surface area contributed by atoms with Crippen molar-refractivity contribution in [2.75, 3.05) is 6.61 Å². The van der Waals surface area contributed by atoms with Crippen LogP contribution in [0.1, 0.15) is 142 Å². The second-order valence-corrected chi connectivity index (χ2v) is 17.8. The van der Waals surface area contributed by atoms with Gasteiger partial charge in [0.05, 0.1) is 29.1 Å². The number of aryl methyl sites for hydroxylation is 1. The Morgan fingerprint density at radius 1 is 0.980 bits per heavy atom. The minimum absolute atomic E-state index is 0.107. The maximum absolute atomic E-state index is 14.0. The Morgan fingerprint density at radius 3 is 2.37 bits per heavy atom. The SMILES string of the molecule is CC(CCCc1ccccc1)CCC(O)C12C(O)CCC(C)(C3CCCC3)C1C(OC(=O)C1CCCCC1)CC(C)C2(O)CCC1=CC(=O)OC1. The van der Waals surface area contributed by atoms with E-state index in [4.69, 9.17) is 9.47 Å². The van der Waals surface area contributed by atoms with Crippen LogP contribution >= 0.6 is 0 Å². The third-order valence-electron chi connectivity index (χ3n) is 14.8. The molecule has 4 aliphatic carbocycles. The van der Waals surface area contributed by atoms with E-state index < -0.39 is 35.2 Å². The number of cyclic esters (lactones) is 1. The molecule has 9 atom stereocenters. The highest BCUT2D eigenvalue weighted by Crippen LogP contribution is 2.69. The summed E-state index contributed by atoms with van der Waals surface area (Å²) >= 11 is 0. The largest absolute Gasteiger partial charge is 0.462 e. The first-order valence-corrected chi connectivity index (χ1v) is 20.7. The molecule has 4 saturated carbocycles. The number of hydrogen-bond acceptors (Lipinski definition) is 7. The molecule has 1 aromatic carbocycles. The summed E-state index contributed by atoms with van der Waals surface area (Å²) < 4.78 is 11.9. The normalized spacial score (nSPS) is 35.9. The lowest BCUT2D eigenvalue weighted by molar-refractivity contribution is -0.326. The Morgan fingerprint density at radius 2 is 1.69 bits per heavy atom. The number of carbonyl (C=O) groups is 2. The van der Waals surface area contributed by atoms with Gasteiger partial charge in [0.15, 0.2) is 0 Å². The van der Waals surface area contributed by atoms with Crippen molar-refractivity contribution in [3.05, 3.63) is 47.5 Å². The average Bonchev–Trinajstić information content (AvgIpc) is 3.83. The molecule has 284 valence electrons. The lowest BCUT2D eigenvalue weighted by atomic mass is 9.38. The molecule has 6 rings (SSSR count). The minimum atomic E-state index is -1.45. The van der Waals surface area contributed by atoms with Crippen molar-refractivity contribution in [3.63, 3.8) is 0 Å². The van der Waals surface area contributed by atoms with Gasteiger partial charge in [-0.05, 0) is 118 Å². The number of rotatable bonds is 14. The van der Waals surface area contributed by atoms with Gasteiger partial charge >= 0.3 is 11.9 Å². The molecule has 7 nitrogen and oxygen atoms in total. The molecule has 3 N–H and O–H groups in total. The van der Waals surface area contributed by atoms with Crippen LogP contribution in [0, 0.1) is 40.4 Å². The number of ether oxygens (including phenoxy) is 2. The molecule has 1 aliphatic heterocycles. The van der Waals surface area contributed by atoms with Crippen LogP contribution in [0.2, 0.25) is 0 Å². The maximum Gasteiger partial charge on any atom is 0.331 e. The van der Waals surface area contributed by atoms with Crippen LogP contribution in [-0.4, -0.2) is 57.8 Å². The summed E-state index contributed by atoms with van der Waals surface area (Å²) in [6, 6.07) is 10.6. The van der Waals surface area contributed by atoms with E-state index in [1.807, 2.05) is 13.0 Å². The summed E-state index contributed by atoms with van der Waals surface area (Å²) in [5.74, 6) is -0.614. The monoisotopic (exact) mass is 706 g/mol. The fraction of sp³-hybridized carbons (Fsp3) is 0.773. The standard InChI is InChI=1S/C44H66O7/c1-30(13-12-16-32-14-6-4-7-15-32)21-22-37(45)44-38(46)24-25-42(3,35-19-10-11-20-35)40(44)36(51-41(48)34-17-8-5-9-18-34)27-31(2)43(44,49)26-23-33-28-39(47)50-29-33/h4,6-7,14-15,28,30-31,34-38,40,45-46,49H,5,8-13,16-27,29H2,1-3H3. The molecule has 1 heterocycles. The van der Waals surface area contributed by atoms with E-state index in [1.165, 1.54) is 11.6 Å². The summed E-state index contributed by atoms with van der Waals surface area (Å²) in [5, 5.41) is 38.9. The van der Waals surface area contributed by atoms with Crippen LogP contribution in [-0.2, 0) is 25.5 Å². The quantitative estimate of drug-likeness (QED) is 0.167. The number of esters is 2. The molecular formula is C44H66O7. The van der Waals surface area contributed by atoms with Crippen molar-refractivity contribution in [2.24, 2.45) is 40.4 Å². The van der Waals surface area contributed by atoms with E-state index in [-0.39, 0.29) is 35.8 Å². The van der Waals surface area contributed by atoms with Crippen molar-refractivity contribution in [2.45, 2.75) is 167 Å². The number of aliphatic hydroxyl groups is 3. The average molecular weight is 707 g/mol. The third-order valence-corrected chi connectivity index (χ3v) is 14.8. The van der Waals surface area contributed by atoms with Crippen molar-refractivity contribution in [1.82, 2.24) is 0 Å². The van der Waals surface area contributed by atoms with E-state index in [1.54, 1.807) is 0 Å². The number of benzene rings is 1. The van der Waals surface area contributed by atoms with Crippen LogP contribution in [0.25, 0.3) is 0 Å². The summed E-state index contributed by atoms with van der Waals surface area (Å²) in [6.45, 7) is 6.82. The predicted octanol–water partition coefficient (Wildman–Crippen LogP) is 8.27. The topological polar surface area (TPSA) is 113 Å². The van der Waals surface area contributed by atoms with E-state index in [2.05, 4.69) is 38.1 Å². The number of aliphatic hydroxyl groups excluding tert-OH is 2. The van der Waals surface area contributed by atoms with Gasteiger partial charge < -0.3 is 24.8 Å². The van der Waals surface area contributed by atoms with Crippen molar-refractivity contribution >= 4 is 11.9 Å². The van der Waals surface area contributed by atoms with Gasteiger partial charge in [-0.2, -0.15) is 0 Å². The highest BCUT2D eigenvalue weighted by Gasteiger charge is 2.74. The van der Waals surface area contributed by atoms with E-state index in [9.17, 15) is 24.9 Å². The third kappa shape index (κ3) is 7.74. The van der Waals surface area contributed by atoms with Gasteiger partial charge in [0.2, 0.25) is 0 Å². The lowest BCUT2D eigenvalue weighted by Crippen LogP contribution is -2.77. The second-order valence-electron chi connectivity index (χ2n) is 17.8. The maximum atomic E-state index is 14.0. The molecule has 0 amide bonds. The Labute approximate surface area is 307 Å². The Hall–Kier alpha value is -2.22. The molecule has 0 bridgehead atoms. The van der Waals surface area contributed by atoms with Crippen molar-refractivity contribution < 1.29 is 34.4 Å². The fourth-order valence-corrected chi connectivity index (χ4v) is 11.9. The molecule has 1 aromatic rings. The Kier molecular flexibility index (Phi) is 12.4. The van der Waals surface area contributed by atoms with Gasteiger partial charge in [-0.3, -0.25) is 4.79 Å². The van der Waals surface area contributed by atoms with Gasteiger partial charge in [-0.25, -0.2) is 4.79 Å². The van der Waals surface area contributed by atoms with Crippen LogP contribution in [0.3, 0.4) is 0 Å². The zero-order valence-electron chi connectivity index (χ0n) is 31.7. The van der Waals surface area contributed by atoms with Crippen LogP contribution < -0.4 is 0 Å². The summed E-state index contributed by atoms with van der Waals surface area (Å²) in [6.07, 6.45) is 15.4. The van der Waals surface area contributed by atoms with Crippen LogP contribution in [0.4, 0.5) is 0 Å². The van der Waals surface area contributed by atoms with Gasteiger partial charge in [0, 0.05) is 12.0 Å². The number of fused-ring (bicyclic) bond motifs is 1. The summed E-state index contributed by atoms with van der Waals surface area (Å²) in [5.41, 5.74) is -0.903. The molecule has 51 heavy (non-hydrogen) atoms. The van der Waals surface area contributed by atoms with Gasteiger partial charge in [0.25, 0.3) is 0 Å². The highest BCUT2D eigenvalue weighted by atomic mass is 16.5. The predicted molar refractivity (Wildman–Crippen MR) is 198 cm³/mol. The Balaban J connectivity index is 1.35. The van der Waals surface area contributed by atoms with Crippen molar-refractivity contribution in [3.8, 4) is 0 Å². The first-order chi connectivity index (χ1) is 24.5. The first kappa shape index (κ1) is 38.5. The highest BCUT2D eigenvalue weighted by molar-refractivity contribution is 5.85. The smallest absolute Gasteiger partial charge is 0.331 e. The van der Waals surface area contributed by atoms with Crippen LogP contribution in [0.5, 0.6) is 0 Å². The lowest BCUT2D eigenvalue weighted by Gasteiger charge is -2.70. The van der Waals surface area contributed by atoms with Gasteiger partial charge in [-0.1, -0.05) is 89.6 Å². The second kappa shape index (κ2) is 16.4. The summed E-state index contributed by atoms with van der Waals surface area (Å²) in [7, 11) is 0. The Bertz CT molecular complexity index is 1350. The summed E-state index contributed by atoms with van der Waals surface area (Å²) in [4.78, 5) is 26.0. The van der Waals surface area contributed by atoms with E-state index >= 15 is 0 Å². The fourth-order valence-electron chi connectivity index (χ4n) is 11.9. The van der Waals surface area contributed by atoms with E-state index in [0.717, 1.165) is 95.5 Å². The van der Waals surface area contributed by atoms with E-state index in [0.29, 0.717) is 43.9 Å². The number of hydrogen-bond donors (Lipinski definition) is 3. The molecule has 7 heteroatoms. The van der Waals surface area contributed by atoms with Crippen molar-refractivity contribution in [1.29, 1.82) is 0 Å². The zero-order chi connectivity index (χ0) is 36.2. The molecule has 0 radical (unpaired) electrons. The molecule has 0 aromatic heterocycles. The minimum Gasteiger partial charge on any atom is -0.462 e. The molecule has 0 spiro atoms. The van der Waals surface area contributed by atoms with Gasteiger partial charge in [-0.15, -0.1) is 0 Å². The molecular weight excluding hydrogens is 640 g/mol. The zero-order valence-corrected chi connectivity index (χ0v) is 31.7. The molecule has 0 saturated heterocycles. The molecule has 9 unspecified atom stereocenters. The van der Waals surface area contributed by atoms with Gasteiger partial charge in [0.1, 0.15) is 12.7 Å². The number of carbonyl (C=O) groups excluding carboxylic acids is 2. The molecule has 4 fully saturated rings. The van der Waals surface area contributed by atoms with Crippen LogP contribution in [0.15, 0.2) is 42.0 Å². The first-order valence-electron chi connectivity index (χ1n) is 20.7. The molecule has 5 aliphatic rings.